The van der Waals surface area contributed by atoms with Crippen molar-refractivity contribution in [2.75, 3.05) is 23.4 Å². The molecule has 2 N–H and O–H groups in total. The van der Waals surface area contributed by atoms with E-state index in [0.29, 0.717) is 24.0 Å². The molecule has 0 fully saturated rings. The number of aromatic nitrogens is 3. The first-order chi connectivity index (χ1) is 14.9. The second-order valence-corrected chi connectivity index (χ2v) is 9.58. The zero-order valence-corrected chi connectivity index (χ0v) is 18.4. The van der Waals surface area contributed by atoms with Crippen LogP contribution in [0.15, 0.2) is 53.4 Å². The molecule has 2 heterocycles. The van der Waals surface area contributed by atoms with Crippen molar-refractivity contribution >= 4 is 27.2 Å². The molecule has 0 spiro atoms. The van der Waals surface area contributed by atoms with Crippen LogP contribution in [0.3, 0.4) is 0 Å². The van der Waals surface area contributed by atoms with Crippen molar-refractivity contribution in [2.45, 2.75) is 24.9 Å². The van der Waals surface area contributed by atoms with E-state index in [1.165, 1.54) is 24.3 Å². The number of hydrogen-bond acceptors (Lipinski definition) is 7. The molecule has 0 aliphatic rings. The average molecular weight is 466 g/mol. The maximum atomic E-state index is 13.1. The summed E-state index contributed by atoms with van der Waals surface area (Å²) in [6.07, 6.45) is -3.50. The van der Waals surface area contributed by atoms with Crippen LogP contribution in [0.2, 0.25) is 0 Å². The molecule has 32 heavy (non-hydrogen) atoms. The third kappa shape index (κ3) is 6.16. The fraction of sp³-hybridized carbons (Fsp3) is 0.286. The molecule has 11 heteroatoms. The van der Waals surface area contributed by atoms with Crippen LogP contribution in [0.5, 0.6) is 0 Å². The van der Waals surface area contributed by atoms with Crippen LogP contribution < -0.4 is 10.6 Å². The summed E-state index contributed by atoms with van der Waals surface area (Å²) in [5.41, 5.74) is -0.639. The molecule has 0 aliphatic carbocycles. The molecule has 0 saturated carbocycles. The van der Waals surface area contributed by atoms with Gasteiger partial charge in [-0.15, -0.1) is 0 Å². The Labute approximate surface area is 184 Å². The van der Waals surface area contributed by atoms with E-state index in [2.05, 4.69) is 25.6 Å². The second kappa shape index (κ2) is 9.11. The summed E-state index contributed by atoms with van der Waals surface area (Å²) in [5.74, 6) is 0.949. The summed E-state index contributed by atoms with van der Waals surface area (Å²) >= 11 is 0. The predicted octanol–water partition coefficient (Wildman–Crippen LogP) is 4.77. The maximum absolute atomic E-state index is 13.1. The Morgan fingerprint density at radius 3 is 2.31 bits per heavy atom. The highest BCUT2D eigenvalue weighted by Gasteiger charge is 2.32. The minimum atomic E-state index is -4.60. The van der Waals surface area contributed by atoms with Crippen molar-refractivity contribution in [1.29, 1.82) is 0 Å². The van der Waals surface area contributed by atoms with Crippen molar-refractivity contribution in [3.05, 3.63) is 54.2 Å². The average Bonchev–Trinajstić information content (AvgIpc) is 2.71. The van der Waals surface area contributed by atoms with E-state index in [-0.39, 0.29) is 22.2 Å². The Balaban J connectivity index is 2.02. The zero-order chi connectivity index (χ0) is 23.5. The number of sulfone groups is 1. The molecule has 0 saturated heterocycles. The van der Waals surface area contributed by atoms with Gasteiger partial charge in [-0.05, 0) is 36.2 Å². The molecule has 0 amide bonds. The summed E-state index contributed by atoms with van der Waals surface area (Å²) in [7, 11) is -3.42. The van der Waals surface area contributed by atoms with Crippen molar-refractivity contribution < 1.29 is 21.6 Å². The van der Waals surface area contributed by atoms with Crippen LogP contribution in [0.1, 0.15) is 19.5 Å². The highest BCUT2D eigenvalue weighted by Crippen LogP contribution is 2.29. The molecule has 0 radical (unpaired) electrons. The molecule has 170 valence electrons. The van der Waals surface area contributed by atoms with E-state index in [4.69, 9.17) is 0 Å². The van der Waals surface area contributed by atoms with Gasteiger partial charge < -0.3 is 10.6 Å². The molecular formula is C21H22F3N5O2S. The van der Waals surface area contributed by atoms with Crippen LogP contribution >= 0.6 is 0 Å². The number of rotatable bonds is 7. The summed E-state index contributed by atoms with van der Waals surface area (Å²) in [6, 6.07) is 11.2. The molecule has 2 aromatic heterocycles. The molecule has 3 aromatic rings. The van der Waals surface area contributed by atoms with Gasteiger partial charge in [0.1, 0.15) is 23.0 Å². The van der Waals surface area contributed by atoms with Gasteiger partial charge in [-0.2, -0.15) is 13.2 Å². The smallest absolute Gasteiger partial charge is 0.370 e. The third-order valence-corrected chi connectivity index (χ3v) is 5.33. The van der Waals surface area contributed by atoms with Gasteiger partial charge in [0.05, 0.1) is 4.90 Å². The van der Waals surface area contributed by atoms with Crippen LogP contribution in [-0.4, -0.2) is 36.2 Å². The van der Waals surface area contributed by atoms with Crippen LogP contribution in [0, 0.1) is 5.92 Å². The SMILES string of the molecule is CC(C)CNc1cc(Nc2cccc(S(C)(=O)=O)c2)nc(-c2cccc(C(F)(F)F)n2)n1. The highest BCUT2D eigenvalue weighted by atomic mass is 32.2. The van der Waals surface area contributed by atoms with Crippen molar-refractivity contribution in [2.24, 2.45) is 5.92 Å². The molecule has 0 atom stereocenters. The van der Waals surface area contributed by atoms with Gasteiger partial charge in [0, 0.05) is 24.6 Å². The summed E-state index contributed by atoms with van der Waals surface area (Å²) in [6.45, 7) is 4.58. The summed E-state index contributed by atoms with van der Waals surface area (Å²) in [5, 5.41) is 6.12. The molecule has 3 rings (SSSR count). The Kier molecular flexibility index (Phi) is 6.68. The second-order valence-electron chi connectivity index (χ2n) is 7.57. The van der Waals surface area contributed by atoms with Crippen molar-refractivity contribution in [1.82, 2.24) is 15.0 Å². The monoisotopic (exact) mass is 465 g/mol. The van der Waals surface area contributed by atoms with E-state index < -0.39 is 21.7 Å². The van der Waals surface area contributed by atoms with E-state index in [9.17, 15) is 21.6 Å². The lowest BCUT2D eigenvalue weighted by atomic mass is 10.2. The van der Waals surface area contributed by atoms with Crippen molar-refractivity contribution in [3.8, 4) is 11.5 Å². The maximum Gasteiger partial charge on any atom is 0.433 e. The third-order valence-electron chi connectivity index (χ3n) is 4.22. The van der Waals surface area contributed by atoms with Gasteiger partial charge in [0.25, 0.3) is 0 Å². The molecule has 0 unspecified atom stereocenters. The van der Waals surface area contributed by atoms with Crippen LogP contribution in [-0.2, 0) is 16.0 Å². The lowest BCUT2D eigenvalue weighted by Gasteiger charge is -2.13. The van der Waals surface area contributed by atoms with Gasteiger partial charge in [-0.25, -0.2) is 23.4 Å². The number of nitrogens with zero attached hydrogens (tertiary/aromatic N) is 3. The first-order valence-electron chi connectivity index (χ1n) is 9.66. The lowest BCUT2D eigenvalue weighted by molar-refractivity contribution is -0.141. The largest absolute Gasteiger partial charge is 0.433 e. The fourth-order valence-corrected chi connectivity index (χ4v) is 3.36. The molecular weight excluding hydrogens is 443 g/mol. The van der Waals surface area contributed by atoms with Crippen molar-refractivity contribution in [3.63, 3.8) is 0 Å². The Morgan fingerprint density at radius 2 is 1.66 bits per heavy atom. The van der Waals surface area contributed by atoms with E-state index in [0.717, 1.165) is 12.3 Å². The lowest BCUT2D eigenvalue weighted by Crippen LogP contribution is -2.12. The minimum absolute atomic E-state index is 0.00776. The quantitative estimate of drug-likeness (QED) is 0.519. The Morgan fingerprint density at radius 1 is 0.969 bits per heavy atom. The number of hydrogen-bond donors (Lipinski definition) is 2. The van der Waals surface area contributed by atoms with E-state index in [1.807, 2.05) is 13.8 Å². The van der Waals surface area contributed by atoms with Crippen LogP contribution in [0.4, 0.5) is 30.5 Å². The topological polar surface area (TPSA) is 96.9 Å². The predicted molar refractivity (Wildman–Crippen MR) is 116 cm³/mol. The summed E-state index contributed by atoms with van der Waals surface area (Å²) in [4.78, 5) is 12.4. The van der Waals surface area contributed by atoms with Gasteiger partial charge in [-0.1, -0.05) is 26.0 Å². The Hall–Kier alpha value is -3.21. The number of pyridine rings is 1. The number of nitrogens with one attached hydrogen (secondary N) is 2. The zero-order valence-electron chi connectivity index (χ0n) is 17.6. The number of alkyl halides is 3. The highest BCUT2D eigenvalue weighted by molar-refractivity contribution is 7.90. The van der Waals surface area contributed by atoms with Gasteiger partial charge in [-0.3, -0.25) is 0 Å². The van der Waals surface area contributed by atoms with E-state index in [1.54, 1.807) is 18.2 Å². The van der Waals surface area contributed by atoms with Gasteiger partial charge in [0.15, 0.2) is 15.7 Å². The van der Waals surface area contributed by atoms with Gasteiger partial charge in [0.2, 0.25) is 0 Å². The standard InChI is InChI=1S/C21H22F3N5O2S/c1-13(2)12-25-18-11-19(26-14-6-4-7-15(10-14)32(3,30)31)29-20(28-18)16-8-5-9-17(27-16)21(22,23)24/h4-11,13H,12H2,1-3H3,(H2,25,26,28,29). The number of anilines is 3. The molecule has 1 aromatic carbocycles. The van der Waals surface area contributed by atoms with Gasteiger partial charge >= 0.3 is 6.18 Å². The number of halogens is 3. The normalized spacial score (nSPS) is 12.1. The molecule has 0 aliphatic heterocycles. The van der Waals surface area contributed by atoms with Crippen LogP contribution in [0.25, 0.3) is 11.5 Å². The Bertz CT molecular complexity index is 1210. The first-order valence-corrected chi connectivity index (χ1v) is 11.6. The summed E-state index contributed by atoms with van der Waals surface area (Å²) < 4.78 is 62.9. The molecule has 0 bridgehead atoms. The minimum Gasteiger partial charge on any atom is -0.370 e. The fourth-order valence-electron chi connectivity index (χ4n) is 2.69. The molecule has 7 nitrogen and oxygen atoms in total. The van der Waals surface area contributed by atoms with E-state index >= 15 is 0 Å². The number of benzene rings is 1. The first kappa shape index (κ1) is 23.5.